The lowest BCUT2D eigenvalue weighted by molar-refractivity contribution is 0.209. The van der Waals surface area contributed by atoms with Crippen molar-refractivity contribution in [1.82, 2.24) is 0 Å². The van der Waals surface area contributed by atoms with Gasteiger partial charge in [0.2, 0.25) is 0 Å². The molecule has 2 aromatic carbocycles. The van der Waals surface area contributed by atoms with Crippen LogP contribution in [-0.4, -0.2) is 5.11 Å². The number of aliphatic hydroxyl groups is 1. The number of benzene rings is 2. The molecule has 0 heterocycles. The molecule has 0 saturated heterocycles. The van der Waals surface area contributed by atoms with E-state index in [1.165, 1.54) is 19.1 Å². The van der Waals surface area contributed by atoms with Crippen LogP contribution in [0.1, 0.15) is 22.8 Å². The van der Waals surface area contributed by atoms with Gasteiger partial charge in [-0.3, -0.25) is 0 Å². The van der Waals surface area contributed by atoms with Gasteiger partial charge < -0.3 is 5.11 Å². The smallest absolute Gasteiger partial charge is 0.130 e. The zero-order chi connectivity index (χ0) is 14.2. The van der Waals surface area contributed by atoms with Crippen molar-refractivity contribution in [2.45, 2.75) is 13.0 Å². The van der Waals surface area contributed by atoms with Gasteiger partial charge in [0.05, 0.1) is 0 Å². The Morgan fingerprint density at radius 1 is 0.947 bits per heavy atom. The minimum atomic E-state index is -1.59. The van der Waals surface area contributed by atoms with Crippen LogP contribution in [0.4, 0.5) is 13.2 Å². The monoisotopic (exact) mass is 286 g/mol. The highest BCUT2D eigenvalue weighted by Crippen LogP contribution is 2.29. The highest BCUT2D eigenvalue weighted by Gasteiger charge is 2.20. The Kier molecular flexibility index (Phi) is 3.83. The molecule has 100 valence electrons. The molecule has 0 bridgehead atoms. The van der Waals surface area contributed by atoms with Gasteiger partial charge in [-0.2, -0.15) is 0 Å². The van der Waals surface area contributed by atoms with Crippen LogP contribution in [0.3, 0.4) is 0 Å². The van der Waals surface area contributed by atoms with E-state index in [-0.39, 0.29) is 21.7 Å². The van der Waals surface area contributed by atoms with Gasteiger partial charge in [-0.15, -0.1) is 0 Å². The molecule has 0 aromatic heterocycles. The molecule has 1 N–H and O–H groups in total. The second-order valence-electron chi connectivity index (χ2n) is 4.19. The average molecular weight is 287 g/mol. The quantitative estimate of drug-likeness (QED) is 0.879. The van der Waals surface area contributed by atoms with Gasteiger partial charge >= 0.3 is 0 Å². The number of rotatable bonds is 2. The lowest BCUT2D eigenvalue weighted by Crippen LogP contribution is -2.06. The number of aryl methyl sites for hydroxylation is 1. The molecule has 0 aliphatic carbocycles. The van der Waals surface area contributed by atoms with Gasteiger partial charge in [-0.05, 0) is 36.8 Å². The fourth-order valence-electron chi connectivity index (χ4n) is 1.76. The second kappa shape index (κ2) is 5.23. The molecule has 2 rings (SSSR count). The lowest BCUT2D eigenvalue weighted by atomic mass is 9.99. The first kappa shape index (κ1) is 13.9. The molecule has 19 heavy (non-hydrogen) atoms. The molecule has 0 aliphatic heterocycles. The van der Waals surface area contributed by atoms with E-state index >= 15 is 0 Å². The Morgan fingerprint density at radius 3 is 2.21 bits per heavy atom. The van der Waals surface area contributed by atoms with E-state index in [1.807, 2.05) is 0 Å². The normalized spacial score (nSPS) is 12.5. The fourth-order valence-corrected chi connectivity index (χ4v) is 1.92. The lowest BCUT2D eigenvalue weighted by Gasteiger charge is -2.14. The summed E-state index contributed by atoms with van der Waals surface area (Å²) in [5.74, 6) is -2.23. The van der Waals surface area contributed by atoms with Gasteiger partial charge in [0, 0.05) is 16.1 Å². The van der Waals surface area contributed by atoms with E-state index in [2.05, 4.69) is 0 Å². The van der Waals surface area contributed by atoms with Crippen molar-refractivity contribution in [3.8, 4) is 0 Å². The second-order valence-corrected chi connectivity index (χ2v) is 4.63. The molecule has 0 radical (unpaired) electrons. The molecule has 2 aromatic rings. The number of hydrogen-bond donors (Lipinski definition) is 1. The van der Waals surface area contributed by atoms with Crippen LogP contribution in [0.25, 0.3) is 0 Å². The molecular formula is C14H10ClF3O. The third-order valence-electron chi connectivity index (χ3n) is 2.83. The molecule has 0 fully saturated rings. The first-order valence-electron chi connectivity index (χ1n) is 5.48. The minimum Gasteiger partial charge on any atom is -0.383 e. The summed E-state index contributed by atoms with van der Waals surface area (Å²) in [5, 5.41) is 10.1. The molecule has 0 amide bonds. The maximum absolute atomic E-state index is 13.7. The zero-order valence-corrected chi connectivity index (χ0v) is 10.7. The Morgan fingerprint density at radius 2 is 1.58 bits per heavy atom. The maximum Gasteiger partial charge on any atom is 0.130 e. The van der Waals surface area contributed by atoms with E-state index in [9.17, 15) is 18.3 Å². The summed E-state index contributed by atoms with van der Waals surface area (Å²) >= 11 is 5.59. The zero-order valence-electron chi connectivity index (χ0n) is 9.92. The van der Waals surface area contributed by atoms with E-state index in [4.69, 9.17) is 11.6 Å². The number of hydrogen-bond acceptors (Lipinski definition) is 1. The largest absolute Gasteiger partial charge is 0.383 e. The van der Waals surface area contributed by atoms with E-state index in [1.54, 1.807) is 0 Å². The maximum atomic E-state index is 13.7. The van der Waals surface area contributed by atoms with Crippen molar-refractivity contribution in [3.05, 3.63) is 69.5 Å². The summed E-state index contributed by atoms with van der Waals surface area (Å²) in [4.78, 5) is 0. The SMILES string of the molecule is Cc1cc(F)c(C(O)c2ccc(Cl)cc2F)cc1F. The van der Waals surface area contributed by atoms with Crippen LogP contribution in [0.2, 0.25) is 5.02 Å². The predicted octanol–water partition coefficient (Wildman–Crippen LogP) is 4.15. The first-order chi connectivity index (χ1) is 8.90. The Labute approximate surface area is 113 Å². The highest BCUT2D eigenvalue weighted by molar-refractivity contribution is 6.30. The summed E-state index contributed by atoms with van der Waals surface area (Å²) in [6.07, 6.45) is -1.59. The van der Waals surface area contributed by atoms with Crippen LogP contribution in [0.15, 0.2) is 30.3 Å². The minimum absolute atomic E-state index is 0.116. The number of aliphatic hydroxyl groups excluding tert-OH is 1. The van der Waals surface area contributed by atoms with Crippen LogP contribution < -0.4 is 0 Å². The predicted molar refractivity (Wildman–Crippen MR) is 66.6 cm³/mol. The molecule has 0 aliphatic rings. The summed E-state index contributed by atoms with van der Waals surface area (Å²) in [5.41, 5.74) is -0.360. The van der Waals surface area contributed by atoms with E-state index in [0.29, 0.717) is 0 Å². The molecule has 5 heteroatoms. The summed E-state index contributed by atoms with van der Waals surface area (Å²) in [6, 6.07) is 5.43. The fraction of sp³-hybridized carbons (Fsp3) is 0.143. The Balaban J connectivity index is 2.49. The van der Waals surface area contributed by atoms with Crippen molar-refractivity contribution < 1.29 is 18.3 Å². The highest BCUT2D eigenvalue weighted by atomic mass is 35.5. The van der Waals surface area contributed by atoms with Crippen molar-refractivity contribution in [2.24, 2.45) is 0 Å². The third-order valence-corrected chi connectivity index (χ3v) is 3.06. The van der Waals surface area contributed by atoms with Gasteiger partial charge in [-0.25, -0.2) is 13.2 Å². The van der Waals surface area contributed by atoms with Crippen LogP contribution in [0, 0.1) is 24.4 Å². The Hall–Kier alpha value is -1.52. The van der Waals surface area contributed by atoms with Crippen molar-refractivity contribution >= 4 is 11.6 Å². The molecule has 0 spiro atoms. The van der Waals surface area contributed by atoms with Gasteiger partial charge in [0.15, 0.2) is 0 Å². The average Bonchev–Trinajstić information content (AvgIpc) is 2.33. The van der Waals surface area contributed by atoms with Crippen molar-refractivity contribution in [3.63, 3.8) is 0 Å². The van der Waals surface area contributed by atoms with Crippen molar-refractivity contribution in [1.29, 1.82) is 0 Å². The summed E-state index contributed by atoms with van der Waals surface area (Å²) in [6.45, 7) is 1.40. The van der Waals surface area contributed by atoms with Crippen LogP contribution in [-0.2, 0) is 0 Å². The first-order valence-corrected chi connectivity index (χ1v) is 5.86. The van der Waals surface area contributed by atoms with Crippen LogP contribution >= 0.6 is 11.6 Å². The third kappa shape index (κ3) is 2.74. The topological polar surface area (TPSA) is 20.2 Å². The standard InChI is InChI=1S/C14H10ClF3O/c1-7-4-12(17)10(6-11(7)16)14(19)9-3-2-8(15)5-13(9)18/h2-6,14,19H,1H3. The summed E-state index contributed by atoms with van der Waals surface area (Å²) < 4.78 is 40.7. The van der Waals surface area contributed by atoms with Crippen molar-refractivity contribution in [2.75, 3.05) is 0 Å². The van der Waals surface area contributed by atoms with Crippen LogP contribution in [0.5, 0.6) is 0 Å². The molecular weight excluding hydrogens is 277 g/mol. The van der Waals surface area contributed by atoms with Gasteiger partial charge in [-0.1, -0.05) is 17.7 Å². The summed E-state index contributed by atoms with van der Waals surface area (Å²) in [7, 11) is 0. The molecule has 1 nitrogen and oxygen atoms in total. The molecule has 1 unspecified atom stereocenters. The van der Waals surface area contributed by atoms with E-state index in [0.717, 1.165) is 18.2 Å². The van der Waals surface area contributed by atoms with Gasteiger partial charge in [0.1, 0.15) is 23.6 Å². The Bertz CT molecular complexity index is 628. The number of halogens is 4. The van der Waals surface area contributed by atoms with E-state index < -0.39 is 23.6 Å². The molecule has 0 saturated carbocycles. The molecule has 1 atom stereocenters. The van der Waals surface area contributed by atoms with Gasteiger partial charge in [0.25, 0.3) is 0 Å².